The zero-order valence-electron chi connectivity index (χ0n) is 12.9. The van der Waals surface area contributed by atoms with E-state index in [0.717, 1.165) is 35.8 Å². The number of aliphatic imine (C=N–C) groups is 1. The molecule has 0 spiro atoms. The predicted molar refractivity (Wildman–Crippen MR) is 91.3 cm³/mol. The van der Waals surface area contributed by atoms with Crippen LogP contribution in [0.25, 0.3) is 0 Å². The molecule has 21 heavy (non-hydrogen) atoms. The average Bonchev–Trinajstić information content (AvgIpc) is 2.48. The Hall–Kier alpha value is -1.49. The maximum atomic E-state index is 13.3. The minimum Gasteiger partial charge on any atom is -0.356 e. The van der Waals surface area contributed by atoms with Crippen LogP contribution in [0.2, 0.25) is 0 Å². The lowest BCUT2D eigenvalue weighted by atomic mass is 10.1. The molecule has 0 saturated heterocycles. The van der Waals surface area contributed by atoms with E-state index < -0.39 is 0 Å². The zero-order chi connectivity index (χ0) is 15.5. The summed E-state index contributed by atoms with van der Waals surface area (Å²) < 4.78 is 13.3. The Kier molecular flexibility index (Phi) is 8.59. The van der Waals surface area contributed by atoms with Gasteiger partial charge in [-0.2, -0.15) is 11.8 Å². The highest BCUT2D eigenvalue weighted by Gasteiger charge is 2.05. The van der Waals surface area contributed by atoms with Gasteiger partial charge in [-0.15, -0.1) is 0 Å². The van der Waals surface area contributed by atoms with Gasteiger partial charge in [-0.05, 0) is 42.9 Å². The van der Waals surface area contributed by atoms with Crippen molar-refractivity contribution in [3.8, 4) is 0 Å². The lowest BCUT2D eigenvalue weighted by molar-refractivity contribution is 0.625. The molecule has 0 atom stereocenters. The molecule has 0 aromatic heterocycles. The van der Waals surface area contributed by atoms with Gasteiger partial charge in [0.05, 0.1) is 0 Å². The van der Waals surface area contributed by atoms with Gasteiger partial charge in [-0.1, -0.05) is 18.2 Å². The molecule has 0 aliphatic rings. The molecule has 0 radical (unpaired) electrons. The van der Waals surface area contributed by atoms with Crippen LogP contribution in [0.3, 0.4) is 0 Å². The Labute approximate surface area is 131 Å². The maximum absolute atomic E-state index is 13.3. The van der Waals surface area contributed by atoms with Crippen molar-refractivity contribution in [2.45, 2.75) is 25.6 Å². The Morgan fingerprint density at radius 2 is 2.14 bits per heavy atom. The maximum Gasteiger partial charge on any atom is 0.191 e. The summed E-state index contributed by atoms with van der Waals surface area (Å²) in [4.78, 5) is 4.19. The molecule has 0 heterocycles. The molecule has 3 nitrogen and oxygen atoms in total. The molecule has 0 saturated carbocycles. The summed E-state index contributed by atoms with van der Waals surface area (Å²) in [5.41, 5.74) is 2.13. The van der Waals surface area contributed by atoms with E-state index in [4.69, 9.17) is 0 Å². The van der Waals surface area contributed by atoms with E-state index >= 15 is 0 Å². The molecule has 1 aromatic rings. The van der Waals surface area contributed by atoms with Crippen molar-refractivity contribution >= 4 is 17.7 Å². The highest BCUT2D eigenvalue weighted by molar-refractivity contribution is 7.97. The molecule has 0 aliphatic heterocycles. The topological polar surface area (TPSA) is 36.4 Å². The minimum absolute atomic E-state index is 0.184. The summed E-state index contributed by atoms with van der Waals surface area (Å²) in [6.45, 7) is 3.49. The number of benzene rings is 1. The van der Waals surface area contributed by atoms with Crippen molar-refractivity contribution in [3.63, 3.8) is 0 Å². The first-order valence-electron chi connectivity index (χ1n) is 7.03. The van der Waals surface area contributed by atoms with Crippen molar-refractivity contribution < 1.29 is 4.39 Å². The fourth-order valence-corrected chi connectivity index (χ4v) is 2.48. The average molecular weight is 309 g/mol. The quantitative estimate of drug-likeness (QED) is 0.351. The first kappa shape index (κ1) is 17.6. The van der Waals surface area contributed by atoms with Crippen LogP contribution in [0.5, 0.6) is 0 Å². The molecular formula is C16H24FN3S. The molecule has 0 aliphatic carbocycles. The molecule has 0 unspecified atom stereocenters. The van der Waals surface area contributed by atoms with Gasteiger partial charge in [-0.3, -0.25) is 4.99 Å². The second-order valence-corrected chi connectivity index (χ2v) is 5.42. The van der Waals surface area contributed by atoms with Crippen molar-refractivity contribution in [1.82, 2.24) is 10.6 Å². The first-order valence-corrected chi connectivity index (χ1v) is 8.42. The summed E-state index contributed by atoms with van der Waals surface area (Å²) in [6, 6.07) is 4.94. The summed E-state index contributed by atoms with van der Waals surface area (Å²) >= 11 is 1.69. The van der Waals surface area contributed by atoms with Crippen molar-refractivity contribution in [1.29, 1.82) is 0 Å². The summed E-state index contributed by atoms with van der Waals surface area (Å²) in [5, 5.41) is 6.51. The van der Waals surface area contributed by atoms with Gasteiger partial charge in [0, 0.05) is 25.9 Å². The molecule has 1 rings (SSSR count). The largest absolute Gasteiger partial charge is 0.356 e. The predicted octanol–water partition coefficient (Wildman–Crippen LogP) is 3.32. The monoisotopic (exact) mass is 309 g/mol. The van der Waals surface area contributed by atoms with Gasteiger partial charge in [0.25, 0.3) is 0 Å². The van der Waals surface area contributed by atoms with Crippen LogP contribution in [0.1, 0.15) is 24.5 Å². The Balaban J connectivity index is 2.56. The number of thioether (sulfide) groups is 1. The fourth-order valence-electron chi connectivity index (χ4n) is 1.90. The Morgan fingerprint density at radius 1 is 1.33 bits per heavy atom. The van der Waals surface area contributed by atoms with Crippen molar-refractivity contribution in [2.75, 3.05) is 19.8 Å². The van der Waals surface area contributed by atoms with E-state index in [0.29, 0.717) is 6.54 Å². The van der Waals surface area contributed by atoms with Crippen LogP contribution in [0.15, 0.2) is 35.3 Å². The Morgan fingerprint density at radius 3 is 2.81 bits per heavy atom. The van der Waals surface area contributed by atoms with Gasteiger partial charge in [0.15, 0.2) is 5.96 Å². The van der Waals surface area contributed by atoms with Crippen LogP contribution in [-0.2, 0) is 12.3 Å². The number of nitrogens with zero attached hydrogens (tertiary/aromatic N) is 1. The molecule has 116 valence electrons. The lowest BCUT2D eigenvalue weighted by Crippen LogP contribution is -2.37. The normalized spacial score (nSPS) is 11.9. The molecular weight excluding hydrogens is 285 g/mol. The summed E-state index contributed by atoms with van der Waals surface area (Å²) in [5.74, 6) is 1.39. The standard InChI is InChI=1S/C16H24FN3S/c1-4-5-6-9-19-16(18-2)20-11-13-7-8-15(17)10-14(13)12-21-3/h4-5,7-8,10H,6,9,11-12H2,1-3H3,(H2,18,19,20)/b5-4+. The van der Waals surface area contributed by atoms with Crippen LogP contribution in [0.4, 0.5) is 4.39 Å². The molecule has 0 bridgehead atoms. The third kappa shape index (κ3) is 6.67. The SMILES string of the molecule is C/C=C/CCNC(=NC)NCc1ccc(F)cc1CSC. The lowest BCUT2D eigenvalue weighted by Gasteiger charge is -2.13. The summed E-state index contributed by atoms with van der Waals surface area (Å²) in [6.07, 6.45) is 7.12. The second kappa shape index (κ2) is 10.3. The Bertz CT molecular complexity index is 486. The number of halogens is 1. The smallest absolute Gasteiger partial charge is 0.191 e. The number of guanidine groups is 1. The highest BCUT2D eigenvalue weighted by Crippen LogP contribution is 2.16. The molecule has 2 N–H and O–H groups in total. The van der Waals surface area contributed by atoms with Gasteiger partial charge >= 0.3 is 0 Å². The van der Waals surface area contributed by atoms with E-state index in [1.165, 1.54) is 6.07 Å². The summed E-state index contributed by atoms with van der Waals surface area (Å²) in [7, 11) is 1.75. The molecule has 0 amide bonds. The molecule has 0 fully saturated rings. The third-order valence-corrected chi connectivity index (χ3v) is 3.58. The fraction of sp³-hybridized carbons (Fsp3) is 0.438. The number of hydrogen-bond donors (Lipinski definition) is 2. The van der Waals surface area contributed by atoms with Gasteiger partial charge < -0.3 is 10.6 Å². The van der Waals surface area contributed by atoms with Crippen LogP contribution < -0.4 is 10.6 Å². The van der Waals surface area contributed by atoms with Crippen LogP contribution in [-0.4, -0.2) is 25.8 Å². The number of allylic oxidation sites excluding steroid dienone is 1. The van der Waals surface area contributed by atoms with Crippen LogP contribution >= 0.6 is 11.8 Å². The van der Waals surface area contributed by atoms with E-state index in [-0.39, 0.29) is 5.82 Å². The van der Waals surface area contributed by atoms with E-state index in [2.05, 4.69) is 21.7 Å². The van der Waals surface area contributed by atoms with E-state index in [1.54, 1.807) is 24.9 Å². The van der Waals surface area contributed by atoms with E-state index in [9.17, 15) is 4.39 Å². The third-order valence-electron chi connectivity index (χ3n) is 2.98. The van der Waals surface area contributed by atoms with Crippen LogP contribution in [0, 0.1) is 5.82 Å². The first-order chi connectivity index (χ1) is 10.2. The zero-order valence-corrected chi connectivity index (χ0v) is 13.8. The highest BCUT2D eigenvalue weighted by atomic mass is 32.2. The minimum atomic E-state index is -0.184. The second-order valence-electron chi connectivity index (χ2n) is 4.56. The van der Waals surface area contributed by atoms with Crippen molar-refractivity contribution in [2.24, 2.45) is 4.99 Å². The molecule has 5 heteroatoms. The van der Waals surface area contributed by atoms with E-state index in [1.807, 2.05) is 25.3 Å². The molecule has 1 aromatic carbocycles. The van der Waals surface area contributed by atoms with Gasteiger partial charge in [0.2, 0.25) is 0 Å². The number of nitrogens with one attached hydrogen (secondary N) is 2. The van der Waals surface area contributed by atoms with Gasteiger partial charge in [0.1, 0.15) is 5.82 Å². The number of hydrogen-bond acceptors (Lipinski definition) is 2. The van der Waals surface area contributed by atoms with Gasteiger partial charge in [-0.25, -0.2) is 4.39 Å². The number of rotatable bonds is 7. The van der Waals surface area contributed by atoms with Crippen molar-refractivity contribution in [3.05, 3.63) is 47.3 Å².